The molecule has 0 unspecified atom stereocenters. The molecule has 0 aliphatic carbocycles. The summed E-state index contributed by atoms with van der Waals surface area (Å²) in [6.07, 6.45) is -3.32. The summed E-state index contributed by atoms with van der Waals surface area (Å²) in [5, 5.41) is 3.70. The molecule has 0 amide bonds. The van der Waals surface area contributed by atoms with Crippen molar-refractivity contribution in [2.24, 2.45) is 0 Å². The molecule has 1 aromatic heterocycles. The Hall–Kier alpha value is -1.77. The van der Waals surface area contributed by atoms with Crippen LogP contribution in [-0.2, 0) is 16.0 Å². The minimum absolute atomic E-state index is 0.139. The third kappa shape index (κ3) is 3.46. The van der Waals surface area contributed by atoms with Gasteiger partial charge in [-0.05, 0) is 18.8 Å². The van der Waals surface area contributed by atoms with Crippen molar-refractivity contribution in [2.45, 2.75) is 31.5 Å². The second-order valence-corrected chi connectivity index (χ2v) is 4.80. The smallest absolute Gasteiger partial charge is 0.408 e. The number of carbonyl (C=O) groups is 1. The molecular weight excluding hydrogens is 291 g/mol. The molecule has 1 saturated heterocycles. The maximum atomic E-state index is 12.5. The van der Waals surface area contributed by atoms with Crippen LogP contribution in [-0.4, -0.2) is 42.2 Å². The Kier molecular flexibility index (Phi) is 4.40. The van der Waals surface area contributed by atoms with E-state index in [0.717, 1.165) is 7.11 Å². The molecule has 9 heteroatoms. The Balaban J connectivity index is 2.42. The number of hydrogen-bond acceptors (Lipinski definition) is 5. The van der Waals surface area contributed by atoms with Crippen LogP contribution < -0.4 is 5.73 Å². The predicted octanol–water partition coefficient (Wildman–Crippen LogP) is 1.71. The first-order chi connectivity index (χ1) is 9.83. The standard InChI is InChI=1S/C12H16F3N3O3/c1-20-11(19)9-8(7-2-4-21-5-3-7)10(16)18(17-9)6-12(13,14)15/h7H,2-6,16H2,1H3. The maximum Gasteiger partial charge on any atom is 0.408 e. The number of methoxy groups -OCH3 is 1. The third-order valence-electron chi connectivity index (χ3n) is 3.37. The van der Waals surface area contributed by atoms with Crippen LogP contribution >= 0.6 is 0 Å². The van der Waals surface area contributed by atoms with E-state index in [1.807, 2.05) is 0 Å². The zero-order valence-corrected chi connectivity index (χ0v) is 11.4. The Bertz CT molecular complexity index is 522. The van der Waals surface area contributed by atoms with Crippen LogP contribution in [0.2, 0.25) is 0 Å². The number of rotatable bonds is 3. The van der Waals surface area contributed by atoms with Crippen LogP contribution in [0.3, 0.4) is 0 Å². The summed E-state index contributed by atoms with van der Waals surface area (Å²) < 4.78 is 48.0. The number of ether oxygens (including phenoxy) is 2. The van der Waals surface area contributed by atoms with Crippen molar-refractivity contribution in [1.82, 2.24) is 9.78 Å². The Labute approximate surface area is 119 Å². The molecule has 21 heavy (non-hydrogen) atoms. The molecule has 0 bridgehead atoms. The van der Waals surface area contributed by atoms with Crippen molar-refractivity contribution >= 4 is 11.8 Å². The molecule has 1 aliphatic rings. The first kappa shape index (κ1) is 15.6. The molecule has 1 aliphatic heterocycles. The zero-order chi connectivity index (χ0) is 15.6. The number of nitrogen functional groups attached to an aromatic ring is 1. The number of halogens is 3. The molecule has 1 aromatic rings. The van der Waals surface area contributed by atoms with Gasteiger partial charge in [0.05, 0.1) is 7.11 Å². The van der Waals surface area contributed by atoms with E-state index in [9.17, 15) is 18.0 Å². The van der Waals surface area contributed by atoms with Crippen LogP contribution in [0.5, 0.6) is 0 Å². The molecule has 2 rings (SSSR count). The molecule has 2 heterocycles. The lowest BCUT2D eigenvalue weighted by Crippen LogP contribution is -2.21. The Morgan fingerprint density at radius 2 is 2.10 bits per heavy atom. The van der Waals surface area contributed by atoms with Gasteiger partial charge >= 0.3 is 12.1 Å². The van der Waals surface area contributed by atoms with E-state index >= 15 is 0 Å². The van der Waals surface area contributed by atoms with Gasteiger partial charge in [0.1, 0.15) is 12.4 Å². The molecule has 0 spiro atoms. The van der Waals surface area contributed by atoms with Crippen molar-refractivity contribution in [3.8, 4) is 0 Å². The Morgan fingerprint density at radius 3 is 2.62 bits per heavy atom. The van der Waals surface area contributed by atoms with Crippen molar-refractivity contribution in [3.05, 3.63) is 11.3 Å². The van der Waals surface area contributed by atoms with Gasteiger partial charge in [-0.25, -0.2) is 9.48 Å². The van der Waals surface area contributed by atoms with Crippen molar-refractivity contribution in [1.29, 1.82) is 0 Å². The topological polar surface area (TPSA) is 79.4 Å². The van der Waals surface area contributed by atoms with Gasteiger partial charge in [-0.3, -0.25) is 0 Å². The van der Waals surface area contributed by atoms with E-state index < -0.39 is 18.7 Å². The predicted molar refractivity (Wildman–Crippen MR) is 66.8 cm³/mol. The van der Waals surface area contributed by atoms with Crippen molar-refractivity contribution in [3.63, 3.8) is 0 Å². The summed E-state index contributed by atoms with van der Waals surface area (Å²) in [5.41, 5.74) is 5.97. The van der Waals surface area contributed by atoms with Gasteiger partial charge in [-0.2, -0.15) is 18.3 Å². The lowest BCUT2D eigenvalue weighted by molar-refractivity contribution is -0.142. The zero-order valence-electron chi connectivity index (χ0n) is 11.4. The number of aromatic nitrogens is 2. The fourth-order valence-corrected chi connectivity index (χ4v) is 2.42. The van der Waals surface area contributed by atoms with Crippen LogP contribution in [0, 0.1) is 0 Å². The van der Waals surface area contributed by atoms with Gasteiger partial charge in [-0.1, -0.05) is 0 Å². The number of carbonyl (C=O) groups excluding carboxylic acids is 1. The minimum atomic E-state index is -4.47. The van der Waals surface area contributed by atoms with E-state index in [1.165, 1.54) is 0 Å². The monoisotopic (exact) mass is 307 g/mol. The summed E-state index contributed by atoms with van der Waals surface area (Å²) >= 11 is 0. The highest BCUT2D eigenvalue weighted by atomic mass is 19.4. The Morgan fingerprint density at radius 1 is 1.48 bits per heavy atom. The molecule has 2 N–H and O–H groups in total. The summed E-state index contributed by atoms with van der Waals surface area (Å²) in [4.78, 5) is 11.7. The quantitative estimate of drug-likeness (QED) is 0.860. The van der Waals surface area contributed by atoms with Crippen LogP contribution in [0.1, 0.15) is 34.8 Å². The lowest BCUT2D eigenvalue weighted by Gasteiger charge is -2.22. The summed E-state index contributed by atoms with van der Waals surface area (Å²) in [6, 6.07) is 0. The van der Waals surface area contributed by atoms with Gasteiger partial charge in [0.25, 0.3) is 0 Å². The van der Waals surface area contributed by atoms with Crippen molar-refractivity contribution in [2.75, 3.05) is 26.1 Å². The van der Waals surface area contributed by atoms with Crippen LogP contribution in [0.15, 0.2) is 0 Å². The second kappa shape index (κ2) is 5.92. The second-order valence-electron chi connectivity index (χ2n) is 4.80. The van der Waals surface area contributed by atoms with Gasteiger partial charge < -0.3 is 15.2 Å². The fourth-order valence-electron chi connectivity index (χ4n) is 2.42. The minimum Gasteiger partial charge on any atom is -0.464 e. The van der Waals surface area contributed by atoms with Crippen LogP contribution in [0.25, 0.3) is 0 Å². The van der Waals surface area contributed by atoms with Gasteiger partial charge in [0.2, 0.25) is 0 Å². The average molecular weight is 307 g/mol. The summed E-state index contributed by atoms with van der Waals surface area (Å²) in [5.74, 6) is -1.08. The van der Waals surface area contributed by atoms with Gasteiger partial charge in [0, 0.05) is 18.8 Å². The first-order valence-electron chi connectivity index (χ1n) is 6.42. The number of esters is 1. The first-order valence-corrected chi connectivity index (χ1v) is 6.42. The van der Waals surface area contributed by atoms with E-state index in [4.69, 9.17) is 10.5 Å². The normalized spacial score (nSPS) is 17.0. The molecule has 0 aromatic carbocycles. The van der Waals surface area contributed by atoms with Gasteiger partial charge in [0.15, 0.2) is 5.69 Å². The number of anilines is 1. The molecule has 1 fully saturated rings. The van der Waals surface area contributed by atoms with Crippen molar-refractivity contribution < 1.29 is 27.4 Å². The number of nitrogens with two attached hydrogens (primary N) is 1. The van der Waals surface area contributed by atoms with E-state index in [-0.39, 0.29) is 17.4 Å². The fraction of sp³-hybridized carbons (Fsp3) is 0.667. The molecule has 0 atom stereocenters. The number of alkyl halides is 3. The highest BCUT2D eigenvalue weighted by Crippen LogP contribution is 2.35. The lowest BCUT2D eigenvalue weighted by atomic mass is 9.91. The average Bonchev–Trinajstić information content (AvgIpc) is 2.74. The number of hydrogen-bond donors (Lipinski definition) is 1. The largest absolute Gasteiger partial charge is 0.464 e. The summed E-state index contributed by atoms with van der Waals surface area (Å²) in [7, 11) is 1.15. The third-order valence-corrected chi connectivity index (χ3v) is 3.37. The van der Waals surface area contributed by atoms with E-state index in [0.29, 0.717) is 36.3 Å². The molecule has 118 valence electrons. The summed E-state index contributed by atoms with van der Waals surface area (Å²) in [6.45, 7) is -0.406. The number of nitrogens with zero attached hydrogens (tertiary/aromatic N) is 2. The van der Waals surface area contributed by atoms with E-state index in [1.54, 1.807) is 0 Å². The maximum absolute atomic E-state index is 12.5. The van der Waals surface area contributed by atoms with Gasteiger partial charge in [-0.15, -0.1) is 0 Å². The molecule has 0 radical (unpaired) electrons. The SMILES string of the molecule is COC(=O)c1nn(CC(F)(F)F)c(N)c1C1CCOCC1. The highest BCUT2D eigenvalue weighted by molar-refractivity contribution is 5.90. The van der Waals surface area contributed by atoms with E-state index in [2.05, 4.69) is 9.84 Å². The molecular formula is C12H16F3N3O3. The highest BCUT2D eigenvalue weighted by Gasteiger charge is 2.34. The molecule has 0 saturated carbocycles. The molecule has 6 nitrogen and oxygen atoms in total. The van der Waals surface area contributed by atoms with Crippen LogP contribution in [0.4, 0.5) is 19.0 Å².